The molecule has 3 rings (SSSR count). The third-order valence-corrected chi connectivity index (χ3v) is 3.71. The number of rotatable bonds is 3. The van der Waals surface area contributed by atoms with Gasteiger partial charge in [-0.05, 0) is 36.4 Å². The van der Waals surface area contributed by atoms with Crippen molar-refractivity contribution in [3.05, 3.63) is 52.0 Å². The first-order valence-corrected chi connectivity index (χ1v) is 7.26. The van der Waals surface area contributed by atoms with Gasteiger partial charge >= 0.3 is 0 Å². The molecule has 0 bridgehead atoms. The number of carbonyl (C=O) groups is 1. The minimum absolute atomic E-state index is 0.115. The lowest BCUT2D eigenvalue weighted by molar-refractivity contribution is 0.103. The van der Waals surface area contributed by atoms with Crippen LogP contribution in [0.4, 0.5) is 0 Å². The van der Waals surface area contributed by atoms with Gasteiger partial charge in [0.1, 0.15) is 19.0 Å². The molecule has 0 aliphatic carbocycles. The summed E-state index contributed by atoms with van der Waals surface area (Å²) >= 11 is 3.36. The predicted molar refractivity (Wildman–Crippen MR) is 81.6 cm³/mol. The predicted octanol–water partition coefficient (Wildman–Crippen LogP) is 3.46. The highest BCUT2D eigenvalue weighted by Crippen LogP contribution is 2.33. The average Bonchev–Trinajstić information content (AvgIpc) is 2.53. The molecule has 4 nitrogen and oxygen atoms in total. The SMILES string of the molecule is COc1cc(Br)ccc1C(=O)c1ccc2c(c1)OCCO2. The van der Waals surface area contributed by atoms with Gasteiger partial charge in [-0.2, -0.15) is 0 Å². The Balaban J connectivity index is 1.99. The number of benzene rings is 2. The molecule has 0 saturated heterocycles. The maximum absolute atomic E-state index is 12.6. The largest absolute Gasteiger partial charge is 0.496 e. The van der Waals surface area contributed by atoms with E-state index in [0.717, 1.165) is 4.47 Å². The van der Waals surface area contributed by atoms with Crippen molar-refractivity contribution in [2.24, 2.45) is 0 Å². The minimum Gasteiger partial charge on any atom is -0.496 e. The molecule has 0 N–H and O–H groups in total. The fourth-order valence-corrected chi connectivity index (χ4v) is 2.53. The lowest BCUT2D eigenvalue weighted by Gasteiger charge is -2.18. The number of hydrogen-bond donors (Lipinski definition) is 0. The van der Waals surface area contributed by atoms with Crippen molar-refractivity contribution in [3.63, 3.8) is 0 Å². The number of halogens is 1. The van der Waals surface area contributed by atoms with E-state index >= 15 is 0 Å². The number of fused-ring (bicyclic) bond motifs is 1. The van der Waals surface area contributed by atoms with Gasteiger partial charge in [0.25, 0.3) is 0 Å². The number of carbonyl (C=O) groups excluding carboxylic acids is 1. The van der Waals surface area contributed by atoms with E-state index < -0.39 is 0 Å². The molecule has 0 fully saturated rings. The van der Waals surface area contributed by atoms with Gasteiger partial charge in [0.15, 0.2) is 17.3 Å². The molecule has 108 valence electrons. The second kappa shape index (κ2) is 5.77. The summed E-state index contributed by atoms with van der Waals surface area (Å²) in [6, 6.07) is 10.5. The summed E-state index contributed by atoms with van der Waals surface area (Å²) in [4.78, 5) is 12.6. The summed E-state index contributed by atoms with van der Waals surface area (Å²) in [5.41, 5.74) is 1.05. The fraction of sp³-hybridized carbons (Fsp3) is 0.188. The van der Waals surface area contributed by atoms with Crippen LogP contribution in [0.15, 0.2) is 40.9 Å². The zero-order valence-corrected chi connectivity index (χ0v) is 13.0. The average molecular weight is 349 g/mol. The van der Waals surface area contributed by atoms with Gasteiger partial charge in [-0.1, -0.05) is 15.9 Å². The first kappa shape index (κ1) is 13.9. The van der Waals surface area contributed by atoms with Crippen molar-refractivity contribution < 1.29 is 19.0 Å². The van der Waals surface area contributed by atoms with Crippen LogP contribution in [0.25, 0.3) is 0 Å². The maximum Gasteiger partial charge on any atom is 0.196 e. The van der Waals surface area contributed by atoms with E-state index in [9.17, 15) is 4.79 Å². The normalized spacial score (nSPS) is 12.9. The van der Waals surface area contributed by atoms with Gasteiger partial charge < -0.3 is 14.2 Å². The van der Waals surface area contributed by atoms with Crippen LogP contribution in [0.1, 0.15) is 15.9 Å². The Morgan fingerprint density at radius 2 is 1.86 bits per heavy atom. The van der Waals surface area contributed by atoms with E-state index in [0.29, 0.717) is 41.6 Å². The van der Waals surface area contributed by atoms with Crippen molar-refractivity contribution in [3.8, 4) is 17.2 Å². The molecule has 1 heterocycles. The van der Waals surface area contributed by atoms with E-state index in [1.54, 1.807) is 37.4 Å². The van der Waals surface area contributed by atoms with Crippen molar-refractivity contribution in [1.29, 1.82) is 0 Å². The van der Waals surface area contributed by atoms with E-state index in [-0.39, 0.29) is 5.78 Å². The summed E-state index contributed by atoms with van der Waals surface area (Å²) in [5.74, 6) is 1.68. The second-order valence-electron chi connectivity index (χ2n) is 4.53. The topological polar surface area (TPSA) is 44.8 Å². The van der Waals surface area contributed by atoms with Crippen molar-refractivity contribution in [2.75, 3.05) is 20.3 Å². The molecule has 1 aliphatic heterocycles. The Morgan fingerprint density at radius 1 is 1.10 bits per heavy atom. The molecule has 0 amide bonds. The van der Waals surface area contributed by atoms with Gasteiger partial charge in [0.2, 0.25) is 0 Å². The number of ketones is 1. The van der Waals surface area contributed by atoms with Crippen LogP contribution in [0.3, 0.4) is 0 Å². The molecule has 0 spiro atoms. The molecule has 21 heavy (non-hydrogen) atoms. The Kier molecular flexibility index (Phi) is 3.84. The monoisotopic (exact) mass is 348 g/mol. The molecular formula is C16H13BrO4. The van der Waals surface area contributed by atoms with Crippen LogP contribution >= 0.6 is 15.9 Å². The number of ether oxygens (including phenoxy) is 3. The Bertz CT molecular complexity index is 697. The van der Waals surface area contributed by atoms with Gasteiger partial charge in [-0.15, -0.1) is 0 Å². The molecule has 0 aromatic heterocycles. The Morgan fingerprint density at radius 3 is 2.62 bits per heavy atom. The lowest BCUT2D eigenvalue weighted by atomic mass is 10.0. The maximum atomic E-state index is 12.6. The zero-order valence-electron chi connectivity index (χ0n) is 11.4. The van der Waals surface area contributed by atoms with Crippen LogP contribution in [0, 0.1) is 0 Å². The summed E-state index contributed by atoms with van der Waals surface area (Å²) in [7, 11) is 1.54. The van der Waals surface area contributed by atoms with Crippen LogP contribution in [-0.4, -0.2) is 26.1 Å². The molecular weight excluding hydrogens is 336 g/mol. The smallest absolute Gasteiger partial charge is 0.196 e. The highest BCUT2D eigenvalue weighted by atomic mass is 79.9. The Labute approximate surface area is 130 Å². The number of hydrogen-bond acceptors (Lipinski definition) is 4. The van der Waals surface area contributed by atoms with E-state index in [1.165, 1.54) is 0 Å². The summed E-state index contributed by atoms with van der Waals surface area (Å²) < 4.78 is 17.1. The molecule has 5 heteroatoms. The molecule has 2 aromatic rings. The third kappa shape index (κ3) is 2.74. The second-order valence-corrected chi connectivity index (χ2v) is 5.45. The van der Waals surface area contributed by atoms with E-state index in [2.05, 4.69) is 15.9 Å². The zero-order chi connectivity index (χ0) is 14.8. The molecule has 1 aliphatic rings. The van der Waals surface area contributed by atoms with Crippen LogP contribution < -0.4 is 14.2 Å². The molecule has 0 saturated carbocycles. The molecule has 0 radical (unpaired) electrons. The van der Waals surface area contributed by atoms with Crippen LogP contribution in [0.5, 0.6) is 17.2 Å². The summed E-state index contributed by atoms with van der Waals surface area (Å²) in [5, 5.41) is 0. The molecule has 2 aromatic carbocycles. The Hall–Kier alpha value is -2.01. The fourth-order valence-electron chi connectivity index (χ4n) is 2.19. The third-order valence-electron chi connectivity index (χ3n) is 3.21. The molecule has 0 atom stereocenters. The molecule has 0 unspecified atom stereocenters. The quantitative estimate of drug-likeness (QED) is 0.796. The van der Waals surface area contributed by atoms with Crippen molar-refractivity contribution in [1.82, 2.24) is 0 Å². The van der Waals surface area contributed by atoms with Gasteiger partial charge in [0, 0.05) is 10.0 Å². The van der Waals surface area contributed by atoms with Crippen LogP contribution in [0.2, 0.25) is 0 Å². The number of methoxy groups -OCH3 is 1. The van der Waals surface area contributed by atoms with E-state index in [4.69, 9.17) is 14.2 Å². The first-order chi connectivity index (χ1) is 10.2. The standard InChI is InChI=1S/C16H13BrO4/c1-19-14-9-11(17)3-4-12(14)16(18)10-2-5-13-15(8-10)21-7-6-20-13/h2-5,8-9H,6-7H2,1H3. The first-order valence-electron chi connectivity index (χ1n) is 6.47. The lowest BCUT2D eigenvalue weighted by Crippen LogP contribution is -2.16. The minimum atomic E-state index is -0.115. The summed E-state index contributed by atoms with van der Waals surface area (Å²) in [6.45, 7) is 1.02. The van der Waals surface area contributed by atoms with Gasteiger partial charge in [-0.25, -0.2) is 0 Å². The van der Waals surface area contributed by atoms with Crippen molar-refractivity contribution >= 4 is 21.7 Å². The summed E-state index contributed by atoms with van der Waals surface area (Å²) in [6.07, 6.45) is 0. The highest BCUT2D eigenvalue weighted by molar-refractivity contribution is 9.10. The highest BCUT2D eigenvalue weighted by Gasteiger charge is 2.18. The van der Waals surface area contributed by atoms with E-state index in [1.807, 2.05) is 6.07 Å². The van der Waals surface area contributed by atoms with Gasteiger partial charge in [-0.3, -0.25) is 4.79 Å². The van der Waals surface area contributed by atoms with Crippen molar-refractivity contribution in [2.45, 2.75) is 0 Å². The van der Waals surface area contributed by atoms with Crippen LogP contribution in [-0.2, 0) is 0 Å². The van der Waals surface area contributed by atoms with Gasteiger partial charge in [0.05, 0.1) is 12.7 Å².